The van der Waals surface area contributed by atoms with Crippen molar-refractivity contribution in [2.24, 2.45) is 4.99 Å². The zero-order valence-electron chi connectivity index (χ0n) is 16.8. The summed E-state index contributed by atoms with van der Waals surface area (Å²) in [4.78, 5) is 13.7. The first-order chi connectivity index (χ1) is 14.1. The smallest absolute Gasteiger partial charge is 0.0994 e. The number of benzene rings is 2. The Labute approximate surface area is 170 Å². The average molecular weight is 378 g/mol. The van der Waals surface area contributed by atoms with E-state index in [2.05, 4.69) is 76.6 Å². The summed E-state index contributed by atoms with van der Waals surface area (Å²) in [7, 11) is 0. The topological polar surface area (TPSA) is 50.2 Å². The average Bonchev–Trinajstić information content (AvgIpc) is 2.76. The predicted octanol–water partition coefficient (Wildman–Crippen LogP) is 5.81. The zero-order chi connectivity index (χ0) is 20.0. The second kappa shape index (κ2) is 6.82. The van der Waals surface area contributed by atoms with Crippen LogP contribution >= 0.6 is 0 Å². The number of amidine groups is 1. The van der Waals surface area contributed by atoms with Gasteiger partial charge in [0.15, 0.2) is 0 Å². The molecule has 1 aliphatic rings. The van der Waals surface area contributed by atoms with E-state index in [-0.39, 0.29) is 6.04 Å². The normalized spacial score (nSPS) is 16.8. The third kappa shape index (κ3) is 2.97. The Morgan fingerprint density at radius 3 is 2.34 bits per heavy atom. The standard InChI is InChI=1S/C25H22N4/c1-15-16(2)28-17(3)29-23(15)19-10-8-18(9-11-19)22-14-20-6-4-12-26-24(20)25-21(22)7-5-13-27-25/h4-14,23H,1-3H3,(H,28,29). The summed E-state index contributed by atoms with van der Waals surface area (Å²) < 4.78 is 0. The van der Waals surface area contributed by atoms with Crippen molar-refractivity contribution in [2.45, 2.75) is 26.8 Å². The lowest BCUT2D eigenvalue weighted by molar-refractivity contribution is 0.711. The Hall–Kier alpha value is -3.53. The Bertz CT molecular complexity index is 1300. The van der Waals surface area contributed by atoms with Crippen LogP contribution in [0.1, 0.15) is 32.4 Å². The predicted molar refractivity (Wildman–Crippen MR) is 120 cm³/mol. The van der Waals surface area contributed by atoms with Crippen LogP contribution < -0.4 is 5.32 Å². The molecule has 0 spiro atoms. The molecule has 2 aromatic heterocycles. The van der Waals surface area contributed by atoms with Crippen LogP contribution in [0.5, 0.6) is 0 Å². The third-order valence-corrected chi connectivity index (χ3v) is 5.71. The van der Waals surface area contributed by atoms with Gasteiger partial charge < -0.3 is 5.32 Å². The summed E-state index contributed by atoms with van der Waals surface area (Å²) in [5.74, 6) is 0.960. The molecule has 29 heavy (non-hydrogen) atoms. The number of aromatic nitrogens is 2. The summed E-state index contributed by atoms with van der Waals surface area (Å²) in [6.07, 6.45) is 3.66. The zero-order valence-corrected chi connectivity index (χ0v) is 16.8. The molecular formula is C25H22N4. The molecule has 0 saturated heterocycles. The second-order valence-electron chi connectivity index (χ2n) is 7.56. The fraction of sp³-hybridized carbons (Fsp3) is 0.160. The van der Waals surface area contributed by atoms with Gasteiger partial charge in [-0.2, -0.15) is 0 Å². The first-order valence-electron chi connectivity index (χ1n) is 9.84. The van der Waals surface area contributed by atoms with E-state index in [1.54, 1.807) is 0 Å². The summed E-state index contributed by atoms with van der Waals surface area (Å²) in [6.45, 7) is 6.23. The SMILES string of the molecule is CC1=NC(C)=C(C)C(c2ccc(-c3cc4cccnc4c4ncccc34)cc2)N1. The van der Waals surface area contributed by atoms with Crippen molar-refractivity contribution in [3.05, 3.63) is 83.8 Å². The number of nitrogens with zero attached hydrogens (tertiary/aromatic N) is 3. The summed E-state index contributed by atoms with van der Waals surface area (Å²) in [6, 6.07) is 19.4. The maximum Gasteiger partial charge on any atom is 0.0994 e. The van der Waals surface area contributed by atoms with Crippen molar-refractivity contribution in [2.75, 3.05) is 0 Å². The van der Waals surface area contributed by atoms with Crippen LogP contribution in [-0.2, 0) is 0 Å². The van der Waals surface area contributed by atoms with E-state index >= 15 is 0 Å². The summed E-state index contributed by atoms with van der Waals surface area (Å²) in [5, 5.41) is 5.73. The number of hydrogen-bond donors (Lipinski definition) is 1. The van der Waals surface area contributed by atoms with Gasteiger partial charge in [-0.05, 0) is 61.2 Å². The molecule has 0 amide bonds. The Kier molecular flexibility index (Phi) is 4.13. The largest absolute Gasteiger partial charge is 0.363 e. The molecule has 4 aromatic rings. The van der Waals surface area contributed by atoms with Gasteiger partial charge in [0.1, 0.15) is 0 Å². The van der Waals surface area contributed by atoms with Crippen molar-refractivity contribution in [3.8, 4) is 11.1 Å². The molecule has 0 aliphatic carbocycles. The maximum absolute atomic E-state index is 4.62. The number of allylic oxidation sites excluding steroid dienone is 1. The number of aliphatic imine (C=N–C) groups is 1. The van der Waals surface area contributed by atoms with Crippen LogP contribution in [0.3, 0.4) is 0 Å². The van der Waals surface area contributed by atoms with E-state index in [0.717, 1.165) is 33.3 Å². The molecular weight excluding hydrogens is 356 g/mol. The van der Waals surface area contributed by atoms with Crippen molar-refractivity contribution >= 4 is 27.6 Å². The molecule has 4 nitrogen and oxygen atoms in total. The second-order valence-corrected chi connectivity index (χ2v) is 7.56. The molecule has 1 N–H and O–H groups in total. The molecule has 0 radical (unpaired) electrons. The Morgan fingerprint density at radius 2 is 1.55 bits per heavy atom. The monoisotopic (exact) mass is 378 g/mol. The molecule has 1 atom stereocenters. The van der Waals surface area contributed by atoms with E-state index in [9.17, 15) is 0 Å². The highest BCUT2D eigenvalue weighted by molar-refractivity contribution is 6.10. The Balaban J connectivity index is 1.62. The summed E-state index contributed by atoms with van der Waals surface area (Å²) in [5.41, 5.74) is 7.84. The van der Waals surface area contributed by atoms with Crippen LogP contribution in [0, 0.1) is 0 Å². The molecule has 0 fully saturated rings. The van der Waals surface area contributed by atoms with Gasteiger partial charge in [0.05, 0.1) is 22.9 Å². The van der Waals surface area contributed by atoms with Gasteiger partial charge in [-0.1, -0.05) is 36.4 Å². The minimum atomic E-state index is 0.167. The van der Waals surface area contributed by atoms with E-state index in [4.69, 9.17) is 0 Å². The highest BCUT2D eigenvalue weighted by atomic mass is 15.0. The summed E-state index contributed by atoms with van der Waals surface area (Å²) >= 11 is 0. The fourth-order valence-corrected chi connectivity index (χ4v) is 4.10. The maximum atomic E-state index is 4.62. The van der Waals surface area contributed by atoms with Gasteiger partial charge in [0, 0.05) is 28.9 Å². The molecule has 0 saturated carbocycles. The fourth-order valence-electron chi connectivity index (χ4n) is 4.10. The highest BCUT2D eigenvalue weighted by Gasteiger charge is 2.20. The quantitative estimate of drug-likeness (QED) is 0.448. The van der Waals surface area contributed by atoms with Gasteiger partial charge in [-0.3, -0.25) is 9.97 Å². The number of hydrogen-bond acceptors (Lipinski definition) is 4. The molecule has 1 aliphatic heterocycles. The lowest BCUT2D eigenvalue weighted by Gasteiger charge is -2.26. The molecule has 0 bridgehead atoms. The Morgan fingerprint density at radius 1 is 0.828 bits per heavy atom. The van der Waals surface area contributed by atoms with Crippen LogP contribution in [0.4, 0.5) is 0 Å². The first kappa shape index (κ1) is 17.6. The van der Waals surface area contributed by atoms with Crippen LogP contribution in [0.2, 0.25) is 0 Å². The van der Waals surface area contributed by atoms with Crippen molar-refractivity contribution in [1.82, 2.24) is 15.3 Å². The van der Waals surface area contributed by atoms with Gasteiger partial charge in [0.2, 0.25) is 0 Å². The molecule has 3 heterocycles. The van der Waals surface area contributed by atoms with Crippen molar-refractivity contribution in [3.63, 3.8) is 0 Å². The van der Waals surface area contributed by atoms with Gasteiger partial charge in [0.25, 0.3) is 0 Å². The number of nitrogens with one attached hydrogen (secondary N) is 1. The minimum absolute atomic E-state index is 0.167. The number of pyridine rings is 2. The van der Waals surface area contributed by atoms with Crippen LogP contribution in [0.15, 0.2) is 83.3 Å². The molecule has 2 aromatic carbocycles. The minimum Gasteiger partial charge on any atom is -0.363 e. The van der Waals surface area contributed by atoms with E-state index < -0.39 is 0 Å². The van der Waals surface area contributed by atoms with Crippen LogP contribution in [0.25, 0.3) is 32.9 Å². The van der Waals surface area contributed by atoms with E-state index in [1.165, 1.54) is 22.3 Å². The van der Waals surface area contributed by atoms with Gasteiger partial charge >= 0.3 is 0 Å². The van der Waals surface area contributed by atoms with Crippen molar-refractivity contribution in [1.29, 1.82) is 0 Å². The lowest BCUT2D eigenvalue weighted by atomic mass is 9.93. The highest BCUT2D eigenvalue weighted by Crippen LogP contribution is 2.34. The molecule has 4 heteroatoms. The molecule has 1 unspecified atom stereocenters. The number of fused-ring (bicyclic) bond motifs is 3. The third-order valence-electron chi connectivity index (χ3n) is 5.71. The van der Waals surface area contributed by atoms with E-state index in [1.807, 2.05) is 31.5 Å². The van der Waals surface area contributed by atoms with Crippen molar-refractivity contribution < 1.29 is 0 Å². The van der Waals surface area contributed by atoms with Crippen LogP contribution in [-0.4, -0.2) is 15.8 Å². The number of rotatable bonds is 2. The van der Waals surface area contributed by atoms with Gasteiger partial charge in [-0.15, -0.1) is 0 Å². The van der Waals surface area contributed by atoms with E-state index in [0.29, 0.717) is 0 Å². The molecule has 5 rings (SSSR count). The van der Waals surface area contributed by atoms with Gasteiger partial charge in [-0.25, -0.2) is 4.99 Å². The first-order valence-corrected chi connectivity index (χ1v) is 9.84. The molecule has 142 valence electrons. The lowest BCUT2D eigenvalue weighted by Crippen LogP contribution is -2.30.